The van der Waals surface area contributed by atoms with Crippen LogP contribution in [0.1, 0.15) is 23.3 Å². The fraction of sp³-hybridized carbons (Fsp3) is 0.350. The van der Waals surface area contributed by atoms with Gasteiger partial charge in [-0.2, -0.15) is 0 Å². The van der Waals surface area contributed by atoms with Crippen molar-refractivity contribution in [2.75, 3.05) is 18.4 Å². The number of aromatic amines is 1. The molecule has 1 saturated heterocycles. The molecule has 1 aromatic carbocycles. The summed E-state index contributed by atoms with van der Waals surface area (Å²) in [6.45, 7) is 4.87. The summed E-state index contributed by atoms with van der Waals surface area (Å²) in [6, 6.07) is 7.96. The average molecular weight is 366 g/mol. The van der Waals surface area contributed by atoms with E-state index in [-0.39, 0.29) is 24.2 Å². The molecule has 27 heavy (non-hydrogen) atoms. The Morgan fingerprint density at radius 2 is 2.22 bits per heavy atom. The van der Waals surface area contributed by atoms with Gasteiger partial charge in [0.05, 0.1) is 5.92 Å². The van der Waals surface area contributed by atoms with Crippen LogP contribution in [0.15, 0.2) is 35.0 Å². The van der Waals surface area contributed by atoms with Crippen LogP contribution in [0.4, 0.5) is 5.82 Å². The van der Waals surface area contributed by atoms with Crippen LogP contribution in [0, 0.1) is 19.8 Å². The molecule has 1 fully saturated rings. The van der Waals surface area contributed by atoms with Gasteiger partial charge in [0.2, 0.25) is 11.8 Å². The maximum Gasteiger partial charge on any atom is 0.231 e. The summed E-state index contributed by atoms with van der Waals surface area (Å²) in [5.41, 5.74) is 3.50. The highest BCUT2D eigenvalue weighted by Gasteiger charge is 2.34. The zero-order valence-electron chi connectivity index (χ0n) is 15.4. The second-order valence-electron chi connectivity index (χ2n) is 7.17. The largest absolute Gasteiger partial charge is 0.361 e. The van der Waals surface area contributed by atoms with E-state index in [0.29, 0.717) is 24.7 Å². The van der Waals surface area contributed by atoms with Gasteiger partial charge in [0.25, 0.3) is 0 Å². The van der Waals surface area contributed by atoms with Gasteiger partial charge < -0.3 is 19.7 Å². The summed E-state index contributed by atoms with van der Waals surface area (Å²) >= 11 is 0. The Balaban J connectivity index is 1.37. The van der Waals surface area contributed by atoms with E-state index in [0.717, 1.165) is 11.9 Å². The van der Waals surface area contributed by atoms with Gasteiger partial charge in [-0.05, 0) is 38.0 Å². The Bertz CT molecular complexity index is 1000. The number of aromatic nitrogens is 2. The molecule has 140 valence electrons. The zero-order chi connectivity index (χ0) is 19.0. The summed E-state index contributed by atoms with van der Waals surface area (Å²) in [7, 11) is 0. The van der Waals surface area contributed by atoms with Gasteiger partial charge in [-0.3, -0.25) is 9.59 Å². The molecule has 0 unspecified atom stereocenters. The van der Waals surface area contributed by atoms with E-state index in [1.54, 1.807) is 17.9 Å². The number of anilines is 1. The molecule has 1 atom stereocenters. The van der Waals surface area contributed by atoms with Crippen molar-refractivity contribution in [3.05, 3.63) is 47.3 Å². The summed E-state index contributed by atoms with van der Waals surface area (Å²) in [5.74, 6) is 0.477. The molecule has 0 spiro atoms. The van der Waals surface area contributed by atoms with E-state index < -0.39 is 0 Å². The predicted octanol–water partition coefficient (Wildman–Crippen LogP) is 2.80. The quantitative estimate of drug-likeness (QED) is 0.726. The number of nitrogens with zero attached hydrogens (tertiary/aromatic N) is 2. The molecule has 2 N–H and O–H groups in total. The van der Waals surface area contributed by atoms with Gasteiger partial charge in [-0.25, -0.2) is 0 Å². The van der Waals surface area contributed by atoms with Crippen molar-refractivity contribution in [3.8, 4) is 0 Å². The number of carbonyl (C=O) groups excluding carboxylic acids is 2. The molecular formula is C20H22N4O3. The van der Waals surface area contributed by atoms with Gasteiger partial charge in [0.1, 0.15) is 5.76 Å². The number of hydrogen-bond acceptors (Lipinski definition) is 4. The van der Waals surface area contributed by atoms with Gasteiger partial charge in [-0.15, -0.1) is 0 Å². The minimum absolute atomic E-state index is 0.0162. The van der Waals surface area contributed by atoms with E-state index in [2.05, 4.69) is 40.6 Å². The topological polar surface area (TPSA) is 91.2 Å². The number of nitrogens with one attached hydrogen (secondary N) is 2. The number of aryl methyl sites for hydroxylation is 2. The maximum absolute atomic E-state index is 12.4. The lowest BCUT2D eigenvalue weighted by molar-refractivity contribution is -0.128. The number of fused-ring (bicyclic) bond motifs is 1. The lowest BCUT2D eigenvalue weighted by Gasteiger charge is -2.16. The van der Waals surface area contributed by atoms with E-state index in [1.807, 2.05) is 6.20 Å². The minimum Gasteiger partial charge on any atom is -0.361 e. The zero-order valence-corrected chi connectivity index (χ0v) is 15.4. The molecule has 7 heteroatoms. The van der Waals surface area contributed by atoms with Crippen molar-refractivity contribution >= 4 is 28.5 Å². The number of rotatable bonds is 5. The van der Waals surface area contributed by atoms with Crippen LogP contribution in [-0.2, 0) is 16.0 Å². The van der Waals surface area contributed by atoms with Crippen LogP contribution >= 0.6 is 0 Å². The van der Waals surface area contributed by atoms with Gasteiger partial charge >= 0.3 is 0 Å². The highest BCUT2D eigenvalue weighted by atomic mass is 16.5. The summed E-state index contributed by atoms with van der Waals surface area (Å²) < 4.78 is 4.95. The summed E-state index contributed by atoms with van der Waals surface area (Å²) in [5, 5.41) is 7.67. The Labute approximate surface area is 156 Å². The standard InChI is InChI=1S/C20H22N4O3/c1-12-3-4-17-16(7-12)14(10-21-17)5-6-24-11-15(9-19(24)25)20(26)22-18-8-13(2)27-23-18/h3-4,7-8,10,15,21H,5-6,9,11H2,1-2H3,(H,22,23,26)/t15-/m1/s1. The van der Waals surface area contributed by atoms with E-state index in [9.17, 15) is 9.59 Å². The second-order valence-corrected chi connectivity index (χ2v) is 7.17. The number of benzene rings is 1. The molecule has 3 aromatic rings. The van der Waals surface area contributed by atoms with Crippen molar-refractivity contribution < 1.29 is 14.1 Å². The van der Waals surface area contributed by atoms with Crippen LogP contribution in [0.25, 0.3) is 10.9 Å². The Morgan fingerprint density at radius 3 is 3.00 bits per heavy atom. The smallest absolute Gasteiger partial charge is 0.231 e. The normalized spacial score (nSPS) is 17.0. The first-order chi connectivity index (χ1) is 13.0. The van der Waals surface area contributed by atoms with E-state index in [4.69, 9.17) is 4.52 Å². The van der Waals surface area contributed by atoms with Gasteiger partial charge in [-0.1, -0.05) is 16.8 Å². The van der Waals surface area contributed by atoms with Crippen molar-refractivity contribution in [1.82, 2.24) is 15.0 Å². The molecule has 1 aliphatic heterocycles. The molecule has 4 rings (SSSR count). The van der Waals surface area contributed by atoms with Crippen LogP contribution in [0.3, 0.4) is 0 Å². The molecule has 2 amide bonds. The van der Waals surface area contributed by atoms with Crippen molar-refractivity contribution in [2.45, 2.75) is 26.7 Å². The monoisotopic (exact) mass is 366 g/mol. The Kier molecular flexibility index (Phi) is 4.43. The Morgan fingerprint density at radius 1 is 1.37 bits per heavy atom. The van der Waals surface area contributed by atoms with E-state index in [1.165, 1.54) is 16.5 Å². The second kappa shape index (κ2) is 6.90. The molecule has 2 aromatic heterocycles. The molecule has 0 bridgehead atoms. The predicted molar refractivity (Wildman–Crippen MR) is 101 cm³/mol. The fourth-order valence-electron chi connectivity index (χ4n) is 3.57. The molecular weight excluding hydrogens is 344 g/mol. The number of likely N-dealkylation sites (tertiary alicyclic amines) is 1. The van der Waals surface area contributed by atoms with Gasteiger partial charge in [0, 0.05) is 42.7 Å². The summed E-state index contributed by atoms with van der Waals surface area (Å²) in [4.78, 5) is 29.8. The molecule has 7 nitrogen and oxygen atoms in total. The third kappa shape index (κ3) is 3.58. The number of carbonyl (C=O) groups is 2. The van der Waals surface area contributed by atoms with Crippen molar-refractivity contribution in [3.63, 3.8) is 0 Å². The molecule has 0 radical (unpaired) electrons. The third-order valence-electron chi connectivity index (χ3n) is 5.04. The summed E-state index contributed by atoms with van der Waals surface area (Å²) in [6.07, 6.45) is 2.99. The van der Waals surface area contributed by atoms with Crippen LogP contribution in [0.5, 0.6) is 0 Å². The van der Waals surface area contributed by atoms with Crippen LogP contribution in [-0.4, -0.2) is 39.9 Å². The molecule has 0 aliphatic carbocycles. The molecule has 0 saturated carbocycles. The highest BCUT2D eigenvalue weighted by molar-refractivity contribution is 5.96. The van der Waals surface area contributed by atoms with Gasteiger partial charge in [0.15, 0.2) is 5.82 Å². The number of H-pyrrole nitrogens is 1. The third-order valence-corrected chi connectivity index (χ3v) is 5.04. The van der Waals surface area contributed by atoms with Crippen LogP contribution in [0.2, 0.25) is 0 Å². The first-order valence-electron chi connectivity index (χ1n) is 9.08. The number of hydrogen-bond donors (Lipinski definition) is 2. The average Bonchev–Trinajstić information content (AvgIpc) is 3.32. The lowest BCUT2D eigenvalue weighted by Crippen LogP contribution is -2.30. The first kappa shape index (κ1) is 17.3. The van der Waals surface area contributed by atoms with Crippen LogP contribution < -0.4 is 5.32 Å². The fourth-order valence-corrected chi connectivity index (χ4v) is 3.57. The SMILES string of the molecule is Cc1ccc2[nH]cc(CCN3C[C@H](C(=O)Nc4cc(C)on4)CC3=O)c2c1. The highest BCUT2D eigenvalue weighted by Crippen LogP contribution is 2.23. The van der Waals surface area contributed by atoms with Crippen molar-refractivity contribution in [1.29, 1.82) is 0 Å². The van der Waals surface area contributed by atoms with Crippen molar-refractivity contribution in [2.24, 2.45) is 5.92 Å². The first-order valence-corrected chi connectivity index (χ1v) is 9.08. The number of amides is 2. The molecule has 1 aliphatic rings. The maximum atomic E-state index is 12.4. The minimum atomic E-state index is -0.361. The lowest BCUT2D eigenvalue weighted by atomic mass is 10.1. The van der Waals surface area contributed by atoms with E-state index >= 15 is 0 Å². The Hall–Kier alpha value is -3.09. The molecule has 3 heterocycles.